The van der Waals surface area contributed by atoms with Crippen molar-refractivity contribution in [2.24, 2.45) is 0 Å². The maximum Gasteiger partial charge on any atom is 0.0561 e. The SMILES string of the molecule is CCNC(CCCc1ccccc1)c1sccc1Cl. The molecule has 1 heterocycles. The monoisotopic (exact) mass is 293 g/mol. The van der Waals surface area contributed by atoms with Crippen LogP contribution in [0.15, 0.2) is 41.8 Å². The zero-order valence-corrected chi connectivity index (χ0v) is 12.8. The van der Waals surface area contributed by atoms with Gasteiger partial charge in [0.15, 0.2) is 0 Å². The molecule has 0 saturated carbocycles. The summed E-state index contributed by atoms with van der Waals surface area (Å²) < 4.78 is 0. The first kappa shape index (κ1) is 14.6. The topological polar surface area (TPSA) is 12.0 Å². The van der Waals surface area contributed by atoms with Crippen molar-refractivity contribution >= 4 is 22.9 Å². The van der Waals surface area contributed by atoms with Crippen molar-refractivity contribution in [1.29, 1.82) is 0 Å². The number of rotatable bonds is 7. The molecule has 2 aromatic rings. The highest BCUT2D eigenvalue weighted by molar-refractivity contribution is 7.10. The third-order valence-corrected chi connectivity index (χ3v) is 4.69. The van der Waals surface area contributed by atoms with Crippen molar-refractivity contribution in [2.45, 2.75) is 32.2 Å². The van der Waals surface area contributed by atoms with Gasteiger partial charge in [-0.1, -0.05) is 48.9 Å². The molecule has 0 saturated heterocycles. The molecule has 0 fully saturated rings. The Morgan fingerprint density at radius 2 is 2.00 bits per heavy atom. The lowest BCUT2D eigenvalue weighted by Gasteiger charge is -2.17. The molecule has 1 nitrogen and oxygen atoms in total. The summed E-state index contributed by atoms with van der Waals surface area (Å²) >= 11 is 7.99. The molecule has 1 aromatic carbocycles. The summed E-state index contributed by atoms with van der Waals surface area (Å²) in [5.74, 6) is 0. The molecule has 1 unspecified atom stereocenters. The standard InChI is InChI=1S/C16H20ClNS/c1-2-18-15(16-14(17)11-12-19-16)10-6-9-13-7-4-3-5-8-13/h3-5,7-8,11-12,15,18H,2,6,9-10H2,1H3. The summed E-state index contributed by atoms with van der Waals surface area (Å²) in [5, 5.41) is 6.51. The van der Waals surface area contributed by atoms with Gasteiger partial charge in [-0.25, -0.2) is 0 Å². The molecule has 1 atom stereocenters. The Kier molecular flexibility index (Phi) is 5.90. The van der Waals surface area contributed by atoms with E-state index in [1.54, 1.807) is 11.3 Å². The Bertz CT molecular complexity index is 481. The van der Waals surface area contributed by atoms with Gasteiger partial charge in [0.25, 0.3) is 0 Å². The van der Waals surface area contributed by atoms with Gasteiger partial charge in [-0.15, -0.1) is 11.3 Å². The van der Waals surface area contributed by atoms with Crippen molar-refractivity contribution in [1.82, 2.24) is 5.32 Å². The van der Waals surface area contributed by atoms with Crippen LogP contribution in [0.3, 0.4) is 0 Å². The Hall–Kier alpha value is -0.830. The van der Waals surface area contributed by atoms with Crippen molar-refractivity contribution < 1.29 is 0 Å². The average molecular weight is 294 g/mol. The summed E-state index contributed by atoms with van der Waals surface area (Å²) in [4.78, 5) is 1.27. The Morgan fingerprint density at radius 3 is 2.63 bits per heavy atom. The fourth-order valence-electron chi connectivity index (χ4n) is 2.28. The summed E-state index contributed by atoms with van der Waals surface area (Å²) in [5.41, 5.74) is 1.41. The van der Waals surface area contributed by atoms with Crippen molar-refractivity contribution in [3.63, 3.8) is 0 Å². The van der Waals surface area contributed by atoms with Crippen LogP contribution in [0.1, 0.15) is 36.2 Å². The van der Waals surface area contributed by atoms with Gasteiger partial charge in [0.1, 0.15) is 0 Å². The van der Waals surface area contributed by atoms with E-state index in [1.807, 2.05) is 6.07 Å². The molecule has 0 radical (unpaired) electrons. The van der Waals surface area contributed by atoms with Gasteiger partial charge in [0.05, 0.1) is 5.02 Å². The Morgan fingerprint density at radius 1 is 1.21 bits per heavy atom. The van der Waals surface area contributed by atoms with E-state index in [0.29, 0.717) is 6.04 Å². The summed E-state index contributed by atoms with van der Waals surface area (Å²) in [6.07, 6.45) is 3.44. The predicted molar refractivity (Wildman–Crippen MR) is 85.1 cm³/mol. The second-order valence-electron chi connectivity index (χ2n) is 4.62. The summed E-state index contributed by atoms with van der Waals surface area (Å²) in [6.45, 7) is 3.12. The van der Waals surface area contributed by atoms with E-state index < -0.39 is 0 Å². The number of hydrogen-bond donors (Lipinski definition) is 1. The van der Waals surface area contributed by atoms with E-state index in [2.05, 4.69) is 48.0 Å². The molecule has 0 aliphatic heterocycles. The van der Waals surface area contributed by atoms with Crippen LogP contribution in [-0.4, -0.2) is 6.54 Å². The normalized spacial score (nSPS) is 12.5. The molecule has 0 aliphatic carbocycles. The van der Waals surface area contributed by atoms with Crippen LogP contribution in [0.25, 0.3) is 0 Å². The van der Waals surface area contributed by atoms with E-state index in [4.69, 9.17) is 11.6 Å². The van der Waals surface area contributed by atoms with E-state index >= 15 is 0 Å². The lowest BCUT2D eigenvalue weighted by atomic mass is 10.0. The van der Waals surface area contributed by atoms with Gasteiger partial charge in [-0.05, 0) is 42.8 Å². The van der Waals surface area contributed by atoms with Crippen LogP contribution in [0.5, 0.6) is 0 Å². The van der Waals surface area contributed by atoms with Crippen LogP contribution in [-0.2, 0) is 6.42 Å². The number of aryl methyl sites for hydroxylation is 1. The number of thiophene rings is 1. The van der Waals surface area contributed by atoms with Gasteiger partial charge in [0.2, 0.25) is 0 Å². The van der Waals surface area contributed by atoms with Gasteiger partial charge in [-0.3, -0.25) is 0 Å². The highest BCUT2D eigenvalue weighted by Gasteiger charge is 2.14. The second kappa shape index (κ2) is 7.68. The van der Waals surface area contributed by atoms with Gasteiger partial charge in [0, 0.05) is 10.9 Å². The average Bonchev–Trinajstić information content (AvgIpc) is 2.85. The van der Waals surface area contributed by atoms with Crippen molar-refractivity contribution in [3.05, 3.63) is 57.2 Å². The lowest BCUT2D eigenvalue weighted by Crippen LogP contribution is -2.20. The molecule has 1 aromatic heterocycles. The minimum Gasteiger partial charge on any atom is -0.309 e. The first-order valence-corrected chi connectivity index (χ1v) is 8.07. The zero-order valence-electron chi connectivity index (χ0n) is 11.2. The quantitative estimate of drug-likeness (QED) is 0.751. The first-order chi connectivity index (χ1) is 9.31. The third kappa shape index (κ3) is 4.34. The molecule has 0 aliphatic rings. The van der Waals surface area contributed by atoms with E-state index in [1.165, 1.54) is 16.9 Å². The van der Waals surface area contributed by atoms with E-state index in [0.717, 1.165) is 24.4 Å². The third-order valence-electron chi connectivity index (χ3n) is 3.21. The van der Waals surface area contributed by atoms with Gasteiger partial charge < -0.3 is 5.32 Å². The minimum absolute atomic E-state index is 0.390. The highest BCUT2D eigenvalue weighted by atomic mass is 35.5. The van der Waals surface area contributed by atoms with Crippen LogP contribution < -0.4 is 5.32 Å². The molecule has 102 valence electrons. The maximum absolute atomic E-state index is 6.24. The molecule has 1 N–H and O–H groups in total. The summed E-state index contributed by atoms with van der Waals surface area (Å²) in [7, 11) is 0. The highest BCUT2D eigenvalue weighted by Crippen LogP contribution is 2.31. The number of halogens is 1. The number of benzene rings is 1. The van der Waals surface area contributed by atoms with Crippen LogP contribution in [0.4, 0.5) is 0 Å². The van der Waals surface area contributed by atoms with E-state index in [9.17, 15) is 0 Å². The molecule has 0 bridgehead atoms. The Labute approximate surface area is 124 Å². The second-order valence-corrected chi connectivity index (χ2v) is 5.98. The molecule has 3 heteroatoms. The smallest absolute Gasteiger partial charge is 0.0561 e. The minimum atomic E-state index is 0.390. The molecule has 0 spiro atoms. The molecule has 0 amide bonds. The largest absolute Gasteiger partial charge is 0.309 e. The fourth-order valence-corrected chi connectivity index (χ4v) is 3.58. The first-order valence-electron chi connectivity index (χ1n) is 6.81. The predicted octanol–water partition coefficient (Wildman–Crippen LogP) is 5.08. The van der Waals surface area contributed by atoms with Crippen LogP contribution >= 0.6 is 22.9 Å². The molecule has 2 rings (SSSR count). The maximum atomic E-state index is 6.24. The lowest BCUT2D eigenvalue weighted by molar-refractivity contribution is 0.505. The summed E-state index contributed by atoms with van der Waals surface area (Å²) in [6, 6.07) is 13.0. The molecular weight excluding hydrogens is 274 g/mol. The zero-order chi connectivity index (χ0) is 13.5. The van der Waals surface area contributed by atoms with Crippen molar-refractivity contribution in [3.8, 4) is 0 Å². The Balaban J connectivity index is 1.89. The van der Waals surface area contributed by atoms with Gasteiger partial charge >= 0.3 is 0 Å². The van der Waals surface area contributed by atoms with Gasteiger partial charge in [-0.2, -0.15) is 0 Å². The van der Waals surface area contributed by atoms with Crippen molar-refractivity contribution in [2.75, 3.05) is 6.54 Å². The molecule has 19 heavy (non-hydrogen) atoms. The van der Waals surface area contributed by atoms with Crippen LogP contribution in [0, 0.1) is 0 Å². The molecular formula is C16H20ClNS. The number of hydrogen-bond acceptors (Lipinski definition) is 2. The van der Waals surface area contributed by atoms with Crippen LogP contribution in [0.2, 0.25) is 5.02 Å². The fraction of sp³-hybridized carbons (Fsp3) is 0.375. The van der Waals surface area contributed by atoms with E-state index in [-0.39, 0.29) is 0 Å². The number of nitrogens with one attached hydrogen (secondary N) is 1.